The molecule has 0 saturated heterocycles. The van der Waals surface area contributed by atoms with Gasteiger partial charge in [0, 0.05) is 18.8 Å². The molecule has 0 radical (unpaired) electrons. The molecule has 0 unspecified atom stereocenters. The van der Waals surface area contributed by atoms with Crippen LogP contribution in [0.3, 0.4) is 0 Å². The third kappa shape index (κ3) is 3.16. The van der Waals surface area contributed by atoms with E-state index in [1.165, 1.54) is 36.6 Å². The standard InChI is InChI=1S/C13H24N2S/c1-12(2)8-14-11(16-10-12)15-9-13(3)6-4-5-7-13/h4-10H2,1-3H3,(H,14,15). The highest BCUT2D eigenvalue weighted by Gasteiger charge is 2.29. The van der Waals surface area contributed by atoms with Gasteiger partial charge in [0.25, 0.3) is 0 Å². The van der Waals surface area contributed by atoms with Crippen LogP contribution in [0.25, 0.3) is 0 Å². The first-order chi connectivity index (χ1) is 7.49. The predicted molar refractivity (Wildman–Crippen MR) is 73.1 cm³/mol. The predicted octanol–water partition coefficient (Wildman–Crippen LogP) is 3.29. The van der Waals surface area contributed by atoms with E-state index >= 15 is 0 Å². The molecule has 2 nitrogen and oxygen atoms in total. The molecule has 2 rings (SSSR count). The van der Waals surface area contributed by atoms with Gasteiger partial charge in [-0.2, -0.15) is 0 Å². The largest absolute Gasteiger partial charge is 0.364 e. The normalized spacial score (nSPS) is 27.6. The lowest BCUT2D eigenvalue weighted by atomic mass is 9.89. The highest BCUT2D eigenvalue weighted by Crippen LogP contribution is 2.37. The zero-order valence-electron chi connectivity index (χ0n) is 10.8. The van der Waals surface area contributed by atoms with E-state index in [9.17, 15) is 0 Å². The number of aliphatic imine (C=N–C) groups is 1. The molecule has 16 heavy (non-hydrogen) atoms. The summed E-state index contributed by atoms with van der Waals surface area (Å²) in [6, 6.07) is 0. The van der Waals surface area contributed by atoms with Crippen LogP contribution in [0, 0.1) is 10.8 Å². The average molecular weight is 240 g/mol. The van der Waals surface area contributed by atoms with Crippen molar-refractivity contribution < 1.29 is 0 Å². The van der Waals surface area contributed by atoms with Crippen LogP contribution in [0.2, 0.25) is 0 Å². The van der Waals surface area contributed by atoms with E-state index in [2.05, 4.69) is 31.1 Å². The maximum Gasteiger partial charge on any atom is 0.156 e. The molecule has 0 atom stereocenters. The van der Waals surface area contributed by atoms with Crippen molar-refractivity contribution in [2.75, 3.05) is 18.8 Å². The lowest BCUT2D eigenvalue weighted by Crippen LogP contribution is -2.36. The summed E-state index contributed by atoms with van der Waals surface area (Å²) in [4.78, 5) is 4.64. The van der Waals surface area contributed by atoms with E-state index in [1.54, 1.807) is 0 Å². The molecule has 0 aromatic rings. The number of hydrogen-bond acceptors (Lipinski definition) is 3. The van der Waals surface area contributed by atoms with Gasteiger partial charge in [-0.3, -0.25) is 4.99 Å². The zero-order chi connectivity index (χ0) is 11.6. The molecule has 0 amide bonds. The van der Waals surface area contributed by atoms with Crippen LogP contribution in [-0.2, 0) is 0 Å². The third-order valence-electron chi connectivity index (χ3n) is 3.73. The molecule has 1 heterocycles. The molecule has 0 spiro atoms. The molecular weight excluding hydrogens is 216 g/mol. The fraction of sp³-hybridized carbons (Fsp3) is 0.923. The smallest absolute Gasteiger partial charge is 0.156 e. The minimum atomic E-state index is 0.382. The zero-order valence-corrected chi connectivity index (χ0v) is 11.6. The summed E-state index contributed by atoms with van der Waals surface area (Å²) < 4.78 is 0. The van der Waals surface area contributed by atoms with Crippen molar-refractivity contribution in [1.82, 2.24) is 5.32 Å². The topological polar surface area (TPSA) is 24.4 Å². The van der Waals surface area contributed by atoms with Crippen molar-refractivity contribution >= 4 is 16.9 Å². The number of thioether (sulfide) groups is 1. The summed E-state index contributed by atoms with van der Waals surface area (Å²) in [5.41, 5.74) is 0.906. The summed E-state index contributed by atoms with van der Waals surface area (Å²) in [6.07, 6.45) is 5.57. The quantitative estimate of drug-likeness (QED) is 0.801. The fourth-order valence-corrected chi connectivity index (χ4v) is 3.39. The summed E-state index contributed by atoms with van der Waals surface area (Å²) >= 11 is 1.89. The summed E-state index contributed by atoms with van der Waals surface area (Å²) in [5.74, 6) is 1.19. The van der Waals surface area contributed by atoms with Crippen molar-refractivity contribution in [3.05, 3.63) is 0 Å². The molecule has 1 aliphatic carbocycles. The Morgan fingerprint density at radius 1 is 1.25 bits per heavy atom. The van der Waals surface area contributed by atoms with Gasteiger partial charge in [0.1, 0.15) is 0 Å². The molecule has 3 heteroatoms. The number of nitrogens with zero attached hydrogens (tertiary/aromatic N) is 1. The van der Waals surface area contributed by atoms with Gasteiger partial charge in [0.05, 0.1) is 0 Å². The lowest BCUT2D eigenvalue weighted by Gasteiger charge is -2.30. The fourth-order valence-electron chi connectivity index (χ4n) is 2.44. The SMILES string of the molecule is CC1(C)CN=C(NCC2(C)CCCC2)SC1. The molecule has 0 aromatic heterocycles. The van der Waals surface area contributed by atoms with Gasteiger partial charge >= 0.3 is 0 Å². The van der Waals surface area contributed by atoms with Gasteiger partial charge in [-0.05, 0) is 23.7 Å². The Hall–Kier alpha value is -0.180. The Labute approximate surface area is 104 Å². The molecule has 0 aromatic carbocycles. The average Bonchev–Trinajstić information content (AvgIpc) is 2.64. The van der Waals surface area contributed by atoms with E-state index in [0.29, 0.717) is 10.8 Å². The third-order valence-corrected chi connectivity index (χ3v) is 5.20. The van der Waals surface area contributed by atoms with Crippen molar-refractivity contribution in [1.29, 1.82) is 0 Å². The van der Waals surface area contributed by atoms with Gasteiger partial charge in [-0.1, -0.05) is 45.4 Å². The minimum Gasteiger partial charge on any atom is -0.364 e. The Morgan fingerprint density at radius 2 is 1.94 bits per heavy atom. The number of nitrogens with one attached hydrogen (secondary N) is 1. The molecular formula is C13H24N2S. The van der Waals surface area contributed by atoms with Crippen LogP contribution < -0.4 is 5.32 Å². The molecule has 1 fully saturated rings. The molecule has 1 saturated carbocycles. The van der Waals surface area contributed by atoms with Crippen molar-refractivity contribution in [3.63, 3.8) is 0 Å². The summed E-state index contributed by atoms with van der Waals surface area (Å²) in [7, 11) is 0. The Balaban J connectivity index is 1.81. The Morgan fingerprint density at radius 3 is 2.50 bits per heavy atom. The monoisotopic (exact) mass is 240 g/mol. The van der Waals surface area contributed by atoms with Crippen molar-refractivity contribution in [3.8, 4) is 0 Å². The second kappa shape index (κ2) is 4.59. The van der Waals surface area contributed by atoms with Crippen molar-refractivity contribution in [2.24, 2.45) is 15.8 Å². The van der Waals surface area contributed by atoms with Gasteiger partial charge in [0.2, 0.25) is 0 Å². The lowest BCUT2D eigenvalue weighted by molar-refractivity contribution is 0.335. The van der Waals surface area contributed by atoms with E-state index in [0.717, 1.165) is 13.1 Å². The van der Waals surface area contributed by atoms with Crippen LogP contribution in [0.15, 0.2) is 4.99 Å². The molecule has 2 aliphatic rings. The van der Waals surface area contributed by atoms with Gasteiger partial charge < -0.3 is 5.32 Å². The summed E-state index contributed by atoms with van der Waals surface area (Å²) in [6.45, 7) is 9.07. The second-order valence-electron chi connectivity index (χ2n) is 6.45. The first-order valence-electron chi connectivity index (χ1n) is 6.40. The van der Waals surface area contributed by atoms with Gasteiger partial charge in [0.15, 0.2) is 5.17 Å². The first kappa shape index (κ1) is 12.3. The molecule has 0 bridgehead atoms. The number of hydrogen-bond donors (Lipinski definition) is 1. The van der Waals surface area contributed by atoms with Crippen LogP contribution in [0.1, 0.15) is 46.5 Å². The molecule has 92 valence electrons. The minimum absolute atomic E-state index is 0.382. The van der Waals surface area contributed by atoms with Crippen LogP contribution >= 0.6 is 11.8 Å². The van der Waals surface area contributed by atoms with E-state index in [-0.39, 0.29) is 0 Å². The molecule has 1 N–H and O–H groups in total. The van der Waals surface area contributed by atoms with Crippen molar-refractivity contribution in [2.45, 2.75) is 46.5 Å². The first-order valence-corrected chi connectivity index (χ1v) is 7.39. The highest BCUT2D eigenvalue weighted by molar-refractivity contribution is 8.13. The number of amidine groups is 1. The summed E-state index contributed by atoms with van der Waals surface area (Å²) in [5, 5.41) is 4.73. The van der Waals surface area contributed by atoms with Crippen LogP contribution in [0.5, 0.6) is 0 Å². The maximum absolute atomic E-state index is 4.64. The van der Waals surface area contributed by atoms with Gasteiger partial charge in [-0.15, -0.1) is 0 Å². The maximum atomic E-state index is 4.64. The Bertz CT molecular complexity index is 278. The van der Waals surface area contributed by atoms with E-state index < -0.39 is 0 Å². The van der Waals surface area contributed by atoms with Gasteiger partial charge in [-0.25, -0.2) is 0 Å². The van der Waals surface area contributed by atoms with E-state index in [1.807, 2.05) is 11.8 Å². The number of rotatable bonds is 2. The van der Waals surface area contributed by atoms with Crippen LogP contribution in [-0.4, -0.2) is 24.0 Å². The highest BCUT2D eigenvalue weighted by atomic mass is 32.2. The second-order valence-corrected chi connectivity index (χ2v) is 7.41. The Kier molecular flexibility index (Phi) is 3.53. The van der Waals surface area contributed by atoms with E-state index in [4.69, 9.17) is 0 Å². The molecule has 1 aliphatic heterocycles. The van der Waals surface area contributed by atoms with Crippen LogP contribution in [0.4, 0.5) is 0 Å².